The van der Waals surface area contributed by atoms with Crippen LogP contribution in [0.3, 0.4) is 0 Å². The highest BCUT2D eigenvalue weighted by Gasteiger charge is 2.47. The number of rotatable bonds is 0. The Morgan fingerprint density at radius 3 is 1.55 bits per heavy atom. The van der Waals surface area contributed by atoms with E-state index < -0.39 is 0 Å². The molecule has 2 aliphatic carbocycles. The number of hydrogen-bond acceptors (Lipinski definition) is 0. The van der Waals surface area contributed by atoms with Crippen molar-refractivity contribution in [2.45, 2.75) is 34.1 Å². The first-order valence-corrected chi connectivity index (χ1v) is 4.37. The zero-order chi connectivity index (χ0) is 8.28. The molecule has 2 aliphatic rings. The van der Waals surface area contributed by atoms with E-state index in [9.17, 15) is 0 Å². The summed E-state index contributed by atoms with van der Waals surface area (Å²) in [6.07, 6.45) is 6.07. The van der Waals surface area contributed by atoms with Gasteiger partial charge in [0.1, 0.15) is 0 Å². The van der Waals surface area contributed by atoms with E-state index >= 15 is 0 Å². The van der Waals surface area contributed by atoms with Gasteiger partial charge in [-0.2, -0.15) is 0 Å². The third kappa shape index (κ3) is 0.654. The summed E-state index contributed by atoms with van der Waals surface area (Å²) in [6, 6.07) is 0. The van der Waals surface area contributed by atoms with Crippen LogP contribution < -0.4 is 0 Å². The smallest absolute Gasteiger partial charge is 0.00741 e. The van der Waals surface area contributed by atoms with Crippen LogP contribution in [0.15, 0.2) is 23.3 Å². The summed E-state index contributed by atoms with van der Waals surface area (Å²) in [4.78, 5) is 0. The normalized spacial score (nSPS) is 47.6. The van der Waals surface area contributed by atoms with Gasteiger partial charge in [0.25, 0.3) is 0 Å². The molecule has 60 valence electrons. The van der Waals surface area contributed by atoms with Crippen molar-refractivity contribution in [1.29, 1.82) is 0 Å². The van der Waals surface area contributed by atoms with E-state index in [0.29, 0.717) is 10.8 Å². The molecule has 0 aliphatic heterocycles. The summed E-state index contributed by atoms with van der Waals surface area (Å²) in [5.41, 5.74) is 4.00. The van der Waals surface area contributed by atoms with E-state index in [1.807, 2.05) is 0 Å². The SMILES string of the molecule is CC1=C(C)[C@]2(C)C=C[C@@]1(C)C2. The number of hydrogen-bond donors (Lipinski definition) is 0. The van der Waals surface area contributed by atoms with Gasteiger partial charge >= 0.3 is 0 Å². The van der Waals surface area contributed by atoms with Crippen molar-refractivity contribution in [3.8, 4) is 0 Å². The molecule has 0 amide bonds. The van der Waals surface area contributed by atoms with Gasteiger partial charge in [-0.15, -0.1) is 0 Å². The van der Waals surface area contributed by atoms with Gasteiger partial charge in [-0.05, 0) is 20.3 Å². The highest BCUT2D eigenvalue weighted by atomic mass is 14.5. The minimum Gasteiger partial charge on any atom is -0.0776 e. The molecule has 0 nitrogen and oxygen atoms in total. The number of allylic oxidation sites excluding steroid dienone is 4. The molecule has 0 heterocycles. The average molecular weight is 148 g/mol. The largest absolute Gasteiger partial charge is 0.0776 e. The first-order chi connectivity index (χ1) is 4.98. The molecule has 0 saturated heterocycles. The van der Waals surface area contributed by atoms with Crippen molar-refractivity contribution in [3.63, 3.8) is 0 Å². The van der Waals surface area contributed by atoms with Crippen LogP contribution in [0, 0.1) is 10.8 Å². The van der Waals surface area contributed by atoms with Crippen LogP contribution in [-0.2, 0) is 0 Å². The summed E-state index contributed by atoms with van der Waals surface area (Å²) in [5.74, 6) is 0. The van der Waals surface area contributed by atoms with Crippen molar-refractivity contribution in [2.24, 2.45) is 10.8 Å². The summed E-state index contributed by atoms with van der Waals surface area (Å²) < 4.78 is 0. The predicted octanol–water partition coefficient (Wildman–Crippen LogP) is 3.31. The van der Waals surface area contributed by atoms with Gasteiger partial charge < -0.3 is 0 Å². The maximum atomic E-state index is 2.38. The molecule has 0 unspecified atom stereocenters. The Morgan fingerprint density at radius 1 is 1.00 bits per heavy atom. The third-order valence-corrected chi connectivity index (χ3v) is 3.83. The van der Waals surface area contributed by atoms with E-state index in [2.05, 4.69) is 39.8 Å². The van der Waals surface area contributed by atoms with E-state index in [0.717, 1.165) is 0 Å². The second-order valence-electron chi connectivity index (χ2n) is 4.60. The third-order valence-electron chi connectivity index (χ3n) is 3.83. The summed E-state index contributed by atoms with van der Waals surface area (Å²) >= 11 is 0. The Kier molecular flexibility index (Phi) is 1.06. The van der Waals surface area contributed by atoms with E-state index in [1.165, 1.54) is 6.42 Å². The minimum absolute atomic E-state index is 0.402. The van der Waals surface area contributed by atoms with Gasteiger partial charge in [0.05, 0.1) is 0 Å². The predicted molar refractivity (Wildman–Crippen MR) is 48.3 cm³/mol. The zero-order valence-electron chi connectivity index (χ0n) is 7.86. The Labute approximate surface area is 69.0 Å². The van der Waals surface area contributed by atoms with Crippen molar-refractivity contribution in [2.75, 3.05) is 0 Å². The lowest BCUT2D eigenvalue weighted by molar-refractivity contribution is 0.426. The van der Waals surface area contributed by atoms with Gasteiger partial charge in [0.2, 0.25) is 0 Å². The van der Waals surface area contributed by atoms with Crippen LogP contribution in [-0.4, -0.2) is 0 Å². The van der Waals surface area contributed by atoms with Crippen LogP contribution in [0.4, 0.5) is 0 Å². The topological polar surface area (TPSA) is 0 Å². The maximum absolute atomic E-state index is 2.38. The molecule has 0 fully saturated rings. The Hall–Kier alpha value is -0.520. The van der Waals surface area contributed by atoms with Gasteiger partial charge in [0.15, 0.2) is 0 Å². The van der Waals surface area contributed by atoms with Crippen molar-refractivity contribution in [3.05, 3.63) is 23.3 Å². The highest BCUT2D eigenvalue weighted by molar-refractivity contribution is 5.44. The second-order valence-corrected chi connectivity index (χ2v) is 4.60. The van der Waals surface area contributed by atoms with E-state index in [1.54, 1.807) is 11.1 Å². The molecular weight excluding hydrogens is 132 g/mol. The fourth-order valence-corrected chi connectivity index (χ4v) is 2.62. The zero-order valence-corrected chi connectivity index (χ0v) is 7.86. The van der Waals surface area contributed by atoms with Crippen LogP contribution in [0.1, 0.15) is 34.1 Å². The summed E-state index contributed by atoms with van der Waals surface area (Å²) in [5, 5.41) is 0. The van der Waals surface area contributed by atoms with Gasteiger partial charge in [-0.25, -0.2) is 0 Å². The molecule has 0 aromatic heterocycles. The summed E-state index contributed by atoms with van der Waals surface area (Å²) in [6.45, 7) is 9.26. The summed E-state index contributed by atoms with van der Waals surface area (Å²) in [7, 11) is 0. The van der Waals surface area contributed by atoms with Crippen LogP contribution >= 0.6 is 0 Å². The minimum atomic E-state index is 0.402. The fourth-order valence-electron chi connectivity index (χ4n) is 2.62. The molecule has 0 spiro atoms. The van der Waals surface area contributed by atoms with Gasteiger partial charge in [0, 0.05) is 10.8 Å². The Bertz CT molecular complexity index is 244. The fraction of sp³-hybridized carbons (Fsp3) is 0.636. The molecular formula is C11H16. The lowest BCUT2D eigenvalue weighted by atomic mass is 9.85. The molecule has 2 atom stereocenters. The van der Waals surface area contributed by atoms with E-state index in [-0.39, 0.29) is 0 Å². The van der Waals surface area contributed by atoms with Crippen LogP contribution in [0.5, 0.6) is 0 Å². The second kappa shape index (κ2) is 1.63. The molecule has 0 aromatic carbocycles. The van der Waals surface area contributed by atoms with Crippen molar-refractivity contribution >= 4 is 0 Å². The first kappa shape index (κ1) is 7.15. The molecule has 11 heavy (non-hydrogen) atoms. The standard InChI is InChI=1S/C11H16/c1-8-9(2)11(4)6-5-10(8,3)7-11/h5-6H,7H2,1-4H3/t10-,11+. The lowest BCUT2D eigenvalue weighted by Crippen LogP contribution is -2.08. The van der Waals surface area contributed by atoms with E-state index in [4.69, 9.17) is 0 Å². The Morgan fingerprint density at radius 2 is 1.36 bits per heavy atom. The lowest BCUT2D eigenvalue weighted by Gasteiger charge is -2.20. The van der Waals surface area contributed by atoms with Gasteiger partial charge in [-0.3, -0.25) is 0 Å². The maximum Gasteiger partial charge on any atom is 0.00741 e. The molecule has 2 bridgehead atoms. The van der Waals surface area contributed by atoms with Crippen molar-refractivity contribution < 1.29 is 0 Å². The molecule has 0 heteroatoms. The van der Waals surface area contributed by atoms with Crippen molar-refractivity contribution in [1.82, 2.24) is 0 Å². The quantitative estimate of drug-likeness (QED) is 0.462. The molecule has 0 radical (unpaired) electrons. The first-order valence-electron chi connectivity index (χ1n) is 4.37. The van der Waals surface area contributed by atoms with Gasteiger partial charge in [-0.1, -0.05) is 37.1 Å². The van der Waals surface area contributed by atoms with Crippen LogP contribution in [0.2, 0.25) is 0 Å². The monoisotopic (exact) mass is 148 g/mol. The molecule has 0 saturated carbocycles. The molecule has 0 N–H and O–H groups in total. The Balaban J connectivity index is 2.58. The highest BCUT2D eigenvalue weighted by Crippen LogP contribution is 2.59. The average Bonchev–Trinajstić information content (AvgIpc) is 2.32. The molecule has 2 rings (SSSR count). The molecule has 0 aromatic rings. The van der Waals surface area contributed by atoms with Crippen LogP contribution in [0.25, 0.3) is 0 Å². The number of fused-ring (bicyclic) bond motifs is 2.